The zero-order valence-corrected chi connectivity index (χ0v) is 15.3. The molecule has 0 saturated carbocycles. The van der Waals surface area contributed by atoms with Crippen LogP contribution in [0.4, 0.5) is 5.13 Å². The Kier molecular flexibility index (Phi) is 6.06. The lowest BCUT2D eigenvalue weighted by molar-refractivity contribution is -0.136. The number of aromatic nitrogens is 1. The summed E-state index contributed by atoms with van der Waals surface area (Å²) in [5.41, 5.74) is 0. The van der Waals surface area contributed by atoms with E-state index in [1.807, 2.05) is 5.38 Å². The van der Waals surface area contributed by atoms with Crippen LogP contribution in [0, 0.1) is 5.92 Å². The van der Waals surface area contributed by atoms with E-state index in [2.05, 4.69) is 10.3 Å². The molecule has 2 heterocycles. The van der Waals surface area contributed by atoms with Gasteiger partial charge in [0.2, 0.25) is 5.91 Å². The number of methoxy groups -OCH3 is 1. The summed E-state index contributed by atoms with van der Waals surface area (Å²) >= 11 is 1.38. The quantitative estimate of drug-likeness (QED) is 0.839. The Morgan fingerprint density at radius 1 is 1.31 bits per heavy atom. The summed E-state index contributed by atoms with van der Waals surface area (Å²) in [5, 5.41) is 5.20. The Labute approximate surface area is 155 Å². The van der Waals surface area contributed by atoms with Gasteiger partial charge in [0.25, 0.3) is 5.91 Å². The van der Waals surface area contributed by atoms with Crippen LogP contribution >= 0.6 is 11.3 Å². The fraction of sp³-hybridized carbons (Fsp3) is 0.389. The van der Waals surface area contributed by atoms with Gasteiger partial charge in [-0.25, -0.2) is 4.98 Å². The number of carbonyl (C=O) groups is 2. The van der Waals surface area contributed by atoms with Crippen LogP contribution in [0.2, 0.25) is 0 Å². The average Bonchev–Trinajstić information content (AvgIpc) is 3.19. The van der Waals surface area contributed by atoms with Gasteiger partial charge in [-0.05, 0) is 37.1 Å². The van der Waals surface area contributed by atoms with E-state index in [9.17, 15) is 9.59 Å². The maximum absolute atomic E-state index is 12.4. The van der Waals surface area contributed by atoms with Gasteiger partial charge >= 0.3 is 0 Å². The number of hydrogen-bond acceptors (Lipinski definition) is 6. The summed E-state index contributed by atoms with van der Waals surface area (Å²) in [7, 11) is 1.59. The minimum atomic E-state index is -0.224. The van der Waals surface area contributed by atoms with Gasteiger partial charge < -0.3 is 19.7 Å². The lowest BCUT2D eigenvalue weighted by Crippen LogP contribution is -2.45. The van der Waals surface area contributed by atoms with Crippen molar-refractivity contribution in [2.45, 2.75) is 12.8 Å². The van der Waals surface area contributed by atoms with E-state index in [4.69, 9.17) is 9.47 Å². The van der Waals surface area contributed by atoms with Crippen LogP contribution in [0.3, 0.4) is 0 Å². The number of rotatable bonds is 6. The maximum Gasteiger partial charge on any atom is 0.260 e. The Balaban J connectivity index is 1.49. The molecule has 0 radical (unpaired) electrons. The largest absolute Gasteiger partial charge is 0.497 e. The number of piperidine rings is 1. The summed E-state index contributed by atoms with van der Waals surface area (Å²) in [4.78, 5) is 30.5. The summed E-state index contributed by atoms with van der Waals surface area (Å²) in [6, 6.07) is 7.07. The number of hydrogen-bond donors (Lipinski definition) is 1. The molecule has 3 rings (SSSR count). The van der Waals surface area contributed by atoms with E-state index in [-0.39, 0.29) is 24.3 Å². The van der Waals surface area contributed by atoms with Crippen molar-refractivity contribution >= 4 is 28.3 Å². The predicted octanol–water partition coefficient (Wildman–Crippen LogP) is 2.41. The van der Waals surface area contributed by atoms with Gasteiger partial charge in [-0.2, -0.15) is 0 Å². The lowest BCUT2D eigenvalue weighted by atomic mass is 9.97. The number of amides is 2. The second-order valence-electron chi connectivity index (χ2n) is 5.97. The molecular formula is C18H21N3O4S. The first kappa shape index (κ1) is 18.2. The molecule has 1 aliphatic rings. The Morgan fingerprint density at radius 2 is 2.08 bits per heavy atom. The minimum Gasteiger partial charge on any atom is -0.497 e. The van der Waals surface area contributed by atoms with E-state index in [1.54, 1.807) is 42.5 Å². The number of anilines is 1. The molecular weight excluding hydrogens is 354 g/mol. The van der Waals surface area contributed by atoms with Crippen LogP contribution in [-0.4, -0.2) is 48.5 Å². The smallest absolute Gasteiger partial charge is 0.260 e. The van der Waals surface area contributed by atoms with Gasteiger partial charge in [0.1, 0.15) is 11.5 Å². The molecule has 1 aromatic carbocycles. The molecule has 138 valence electrons. The zero-order valence-electron chi connectivity index (χ0n) is 14.5. The number of carbonyl (C=O) groups excluding carboxylic acids is 2. The topological polar surface area (TPSA) is 80.8 Å². The molecule has 1 fully saturated rings. The fourth-order valence-corrected chi connectivity index (χ4v) is 3.35. The highest BCUT2D eigenvalue weighted by atomic mass is 32.1. The van der Waals surface area contributed by atoms with Crippen molar-refractivity contribution in [3.8, 4) is 11.5 Å². The molecule has 8 heteroatoms. The van der Waals surface area contributed by atoms with Crippen LogP contribution in [0.15, 0.2) is 35.8 Å². The zero-order chi connectivity index (χ0) is 18.4. The van der Waals surface area contributed by atoms with E-state index in [1.165, 1.54) is 11.3 Å². The van der Waals surface area contributed by atoms with Gasteiger partial charge in [-0.3, -0.25) is 9.59 Å². The van der Waals surface area contributed by atoms with Crippen LogP contribution in [0.5, 0.6) is 11.5 Å². The number of thiazole rings is 1. The van der Waals surface area contributed by atoms with Crippen molar-refractivity contribution in [3.63, 3.8) is 0 Å². The molecule has 2 aromatic rings. The third-order valence-corrected chi connectivity index (χ3v) is 4.92. The van der Waals surface area contributed by atoms with Crippen LogP contribution in [0.1, 0.15) is 12.8 Å². The highest BCUT2D eigenvalue weighted by Crippen LogP contribution is 2.21. The van der Waals surface area contributed by atoms with Gasteiger partial charge in [0, 0.05) is 24.7 Å². The average molecular weight is 375 g/mol. The van der Waals surface area contributed by atoms with Gasteiger partial charge in [-0.15, -0.1) is 11.3 Å². The number of ether oxygens (including phenoxy) is 2. The van der Waals surface area contributed by atoms with Gasteiger partial charge in [0.05, 0.1) is 13.0 Å². The predicted molar refractivity (Wildman–Crippen MR) is 98.5 cm³/mol. The first-order valence-corrected chi connectivity index (χ1v) is 9.28. The molecule has 0 aliphatic carbocycles. The molecule has 1 atom stereocenters. The standard InChI is InChI=1S/C18H21N3O4S/c1-24-14-4-6-15(7-5-14)25-12-16(22)21-9-2-3-13(11-21)17(23)20-18-19-8-10-26-18/h4-8,10,13H,2-3,9,11-12H2,1H3,(H,19,20,23). The summed E-state index contributed by atoms with van der Waals surface area (Å²) in [5.74, 6) is 0.904. The van der Waals surface area contributed by atoms with Crippen LogP contribution in [-0.2, 0) is 9.59 Å². The number of nitrogens with zero attached hydrogens (tertiary/aromatic N) is 2. The van der Waals surface area contributed by atoms with Crippen molar-refractivity contribution in [2.75, 3.05) is 32.1 Å². The maximum atomic E-state index is 12.4. The molecule has 1 unspecified atom stereocenters. The SMILES string of the molecule is COc1ccc(OCC(=O)N2CCCC(C(=O)Nc3nccs3)C2)cc1. The second kappa shape index (κ2) is 8.66. The Morgan fingerprint density at radius 3 is 2.77 bits per heavy atom. The van der Waals surface area contributed by atoms with Crippen LogP contribution in [0.25, 0.3) is 0 Å². The van der Waals surface area contributed by atoms with Gasteiger partial charge in [-0.1, -0.05) is 0 Å². The molecule has 1 aliphatic heterocycles. The molecule has 0 spiro atoms. The van der Waals surface area contributed by atoms with Crippen LogP contribution < -0.4 is 14.8 Å². The third-order valence-electron chi connectivity index (χ3n) is 4.23. The highest BCUT2D eigenvalue weighted by Gasteiger charge is 2.28. The third kappa shape index (κ3) is 4.72. The summed E-state index contributed by atoms with van der Waals surface area (Å²) < 4.78 is 10.6. The molecule has 2 amide bonds. The highest BCUT2D eigenvalue weighted by molar-refractivity contribution is 7.13. The van der Waals surface area contributed by atoms with E-state index >= 15 is 0 Å². The molecule has 7 nitrogen and oxygen atoms in total. The first-order valence-electron chi connectivity index (χ1n) is 8.40. The molecule has 1 N–H and O–H groups in total. The molecule has 0 bridgehead atoms. The van der Waals surface area contributed by atoms with Crippen molar-refractivity contribution in [2.24, 2.45) is 5.92 Å². The first-order chi connectivity index (χ1) is 12.7. The normalized spacial score (nSPS) is 16.8. The minimum absolute atomic E-state index is 0.0485. The Hall–Kier alpha value is -2.61. The molecule has 1 aromatic heterocycles. The van der Waals surface area contributed by atoms with E-state index < -0.39 is 0 Å². The molecule has 1 saturated heterocycles. The summed E-state index contributed by atoms with van der Waals surface area (Å²) in [6.07, 6.45) is 3.21. The Bertz CT molecular complexity index is 733. The van der Waals surface area contributed by atoms with Crippen molar-refractivity contribution < 1.29 is 19.1 Å². The van der Waals surface area contributed by atoms with Crippen molar-refractivity contribution in [1.82, 2.24) is 9.88 Å². The summed E-state index contributed by atoms with van der Waals surface area (Å²) in [6.45, 7) is 1.00. The fourth-order valence-electron chi connectivity index (χ4n) is 2.82. The van der Waals surface area contributed by atoms with Gasteiger partial charge in [0.15, 0.2) is 11.7 Å². The number of benzene rings is 1. The monoisotopic (exact) mass is 375 g/mol. The van der Waals surface area contributed by atoms with Crippen molar-refractivity contribution in [3.05, 3.63) is 35.8 Å². The van der Waals surface area contributed by atoms with Crippen molar-refractivity contribution in [1.29, 1.82) is 0 Å². The lowest BCUT2D eigenvalue weighted by Gasteiger charge is -2.31. The van der Waals surface area contributed by atoms with E-state index in [0.717, 1.165) is 18.6 Å². The van der Waals surface area contributed by atoms with E-state index in [0.29, 0.717) is 24.0 Å². The second-order valence-corrected chi connectivity index (χ2v) is 6.86. The molecule has 26 heavy (non-hydrogen) atoms. The number of nitrogens with one attached hydrogen (secondary N) is 1. The number of likely N-dealkylation sites (tertiary alicyclic amines) is 1.